The lowest BCUT2D eigenvalue weighted by molar-refractivity contribution is -0.153. The molecule has 1 aromatic heterocycles. The minimum atomic E-state index is -1.08. The zero-order chi connectivity index (χ0) is 19.1. The van der Waals surface area contributed by atoms with Crippen molar-refractivity contribution in [2.45, 2.75) is 39.3 Å². The first-order valence-electron chi connectivity index (χ1n) is 8.25. The second kappa shape index (κ2) is 8.80. The van der Waals surface area contributed by atoms with Crippen LogP contribution in [0.3, 0.4) is 0 Å². The Morgan fingerprint density at radius 2 is 1.85 bits per heavy atom. The summed E-state index contributed by atoms with van der Waals surface area (Å²) >= 11 is 0. The summed E-state index contributed by atoms with van der Waals surface area (Å²) in [6, 6.07) is 8.73. The Labute approximate surface area is 151 Å². The smallest absolute Gasteiger partial charge is 0.321 e. The molecule has 2 rings (SSSR count). The lowest BCUT2D eigenvalue weighted by Crippen LogP contribution is -2.46. The van der Waals surface area contributed by atoms with Crippen molar-refractivity contribution in [3.05, 3.63) is 48.3 Å². The molecule has 0 aliphatic heterocycles. The Balaban J connectivity index is 1.85. The van der Waals surface area contributed by atoms with Crippen LogP contribution in [-0.2, 0) is 20.7 Å². The molecular formula is C18H22N4O4. The number of urea groups is 1. The summed E-state index contributed by atoms with van der Waals surface area (Å²) < 4.78 is 6.72. The number of carbonyl (C=O) groups is 3. The van der Waals surface area contributed by atoms with Gasteiger partial charge in [0.1, 0.15) is 0 Å². The number of nitrogens with one attached hydrogen (secondary N) is 2. The van der Waals surface area contributed by atoms with Crippen LogP contribution in [0.15, 0.2) is 42.7 Å². The monoisotopic (exact) mass is 358 g/mol. The molecule has 26 heavy (non-hydrogen) atoms. The van der Waals surface area contributed by atoms with Gasteiger partial charge in [0.2, 0.25) is 0 Å². The second-order valence-electron chi connectivity index (χ2n) is 6.05. The molecule has 0 aliphatic carbocycles. The minimum absolute atomic E-state index is 0.0252. The zero-order valence-corrected chi connectivity index (χ0v) is 14.9. The van der Waals surface area contributed by atoms with Gasteiger partial charge in [0.05, 0.1) is 18.3 Å². The molecule has 0 fully saturated rings. The predicted octanol–water partition coefficient (Wildman–Crippen LogP) is 1.58. The third-order valence-corrected chi connectivity index (χ3v) is 3.34. The molecule has 0 bridgehead atoms. The molecule has 0 spiro atoms. The van der Waals surface area contributed by atoms with E-state index >= 15 is 0 Å². The number of para-hydroxylation sites is 1. The number of hydrogen-bond acceptors (Lipinski definition) is 5. The van der Waals surface area contributed by atoms with E-state index in [-0.39, 0.29) is 12.5 Å². The lowest BCUT2D eigenvalue weighted by Gasteiger charge is -2.14. The molecule has 8 heteroatoms. The highest BCUT2D eigenvalue weighted by Gasteiger charge is 2.20. The fourth-order valence-electron chi connectivity index (χ4n) is 2.14. The van der Waals surface area contributed by atoms with Crippen molar-refractivity contribution in [1.29, 1.82) is 0 Å². The van der Waals surface area contributed by atoms with Crippen molar-refractivity contribution >= 4 is 17.9 Å². The van der Waals surface area contributed by atoms with E-state index in [1.165, 1.54) is 6.92 Å². The predicted molar refractivity (Wildman–Crippen MR) is 94.6 cm³/mol. The van der Waals surface area contributed by atoms with Crippen molar-refractivity contribution < 1.29 is 19.1 Å². The number of imide groups is 1. The number of rotatable bonds is 6. The van der Waals surface area contributed by atoms with Crippen LogP contribution in [0.25, 0.3) is 5.69 Å². The Hall–Kier alpha value is -3.16. The first-order chi connectivity index (χ1) is 12.3. The molecule has 3 amide bonds. The molecule has 8 nitrogen and oxygen atoms in total. The van der Waals surface area contributed by atoms with Gasteiger partial charge in [-0.2, -0.15) is 5.10 Å². The van der Waals surface area contributed by atoms with E-state index in [9.17, 15) is 14.4 Å². The maximum Gasteiger partial charge on any atom is 0.321 e. The number of aromatic nitrogens is 2. The van der Waals surface area contributed by atoms with Crippen LogP contribution in [0.4, 0.5) is 4.79 Å². The normalized spacial score (nSPS) is 11.7. The molecule has 138 valence electrons. The van der Waals surface area contributed by atoms with Gasteiger partial charge in [0, 0.05) is 17.8 Å². The number of ether oxygens (including phenoxy) is 1. The number of carbonyl (C=O) groups excluding carboxylic acids is 3. The van der Waals surface area contributed by atoms with Gasteiger partial charge in [0.25, 0.3) is 5.91 Å². The summed E-state index contributed by atoms with van der Waals surface area (Å²) in [5.41, 5.74) is 1.53. The lowest BCUT2D eigenvalue weighted by atomic mass is 10.2. The number of benzene rings is 1. The first-order valence-corrected chi connectivity index (χ1v) is 8.25. The van der Waals surface area contributed by atoms with Crippen LogP contribution in [0.2, 0.25) is 0 Å². The highest BCUT2D eigenvalue weighted by atomic mass is 16.5. The van der Waals surface area contributed by atoms with Crippen molar-refractivity contribution in [1.82, 2.24) is 20.4 Å². The summed E-state index contributed by atoms with van der Waals surface area (Å²) in [7, 11) is 0. The van der Waals surface area contributed by atoms with Crippen LogP contribution < -0.4 is 10.6 Å². The highest BCUT2D eigenvalue weighted by molar-refractivity contribution is 5.97. The topological polar surface area (TPSA) is 102 Å². The van der Waals surface area contributed by atoms with Crippen LogP contribution in [-0.4, -0.2) is 39.8 Å². The van der Waals surface area contributed by atoms with Crippen molar-refractivity contribution in [3.63, 3.8) is 0 Å². The van der Waals surface area contributed by atoms with Crippen LogP contribution >= 0.6 is 0 Å². The Morgan fingerprint density at radius 3 is 2.50 bits per heavy atom. The van der Waals surface area contributed by atoms with E-state index in [0.29, 0.717) is 5.56 Å². The van der Waals surface area contributed by atoms with Crippen molar-refractivity contribution in [3.8, 4) is 5.69 Å². The summed E-state index contributed by atoms with van der Waals surface area (Å²) in [5, 5.41) is 8.84. The molecule has 2 N–H and O–H groups in total. The maximum absolute atomic E-state index is 12.0. The van der Waals surface area contributed by atoms with Gasteiger partial charge in [-0.05, 0) is 32.9 Å². The standard InChI is InChI=1S/C18H22N4O4/c1-12(2)20-18(25)21-17(24)13(3)26-16(23)9-14-10-19-22(11-14)15-7-5-4-6-8-15/h4-8,10-13H,9H2,1-3H3,(H2,20,21,24,25). The second-order valence-corrected chi connectivity index (χ2v) is 6.05. The highest BCUT2D eigenvalue weighted by Crippen LogP contribution is 2.09. The van der Waals surface area contributed by atoms with Gasteiger partial charge in [0.15, 0.2) is 6.10 Å². The Kier molecular flexibility index (Phi) is 6.48. The Bertz CT molecular complexity index is 771. The molecule has 1 unspecified atom stereocenters. The summed E-state index contributed by atoms with van der Waals surface area (Å²) in [6.45, 7) is 4.94. The molecule has 0 saturated carbocycles. The molecule has 1 aromatic carbocycles. The van der Waals surface area contributed by atoms with E-state index in [1.807, 2.05) is 30.3 Å². The van der Waals surface area contributed by atoms with Gasteiger partial charge in [-0.15, -0.1) is 0 Å². The molecule has 0 radical (unpaired) electrons. The largest absolute Gasteiger partial charge is 0.452 e. The van der Waals surface area contributed by atoms with E-state index < -0.39 is 24.0 Å². The van der Waals surface area contributed by atoms with Crippen LogP contribution in [0.5, 0.6) is 0 Å². The fourth-order valence-corrected chi connectivity index (χ4v) is 2.14. The Morgan fingerprint density at radius 1 is 1.15 bits per heavy atom. The van der Waals surface area contributed by atoms with E-state index in [0.717, 1.165) is 5.69 Å². The maximum atomic E-state index is 12.0. The number of nitrogens with zero attached hydrogens (tertiary/aromatic N) is 2. The summed E-state index contributed by atoms with van der Waals surface area (Å²) in [5.74, 6) is -1.26. The third kappa shape index (κ3) is 5.73. The SMILES string of the molecule is CC(C)NC(=O)NC(=O)C(C)OC(=O)Cc1cnn(-c2ccccc2)c1. The van der Waals surface area contributed by atoms with E-state index in [1.54, 1.807) is 30.9 Å². The minimum Gasteiger partial charge on any atom is -0.452 e. The van der Waals surface area contributed by atoms with Gasteiger partial charge in [-0.3, -0.25) is 14.9 Å². The molecule has 1 atom stereocenters. The van der Waals surface area contributed by atoms with Gasteiger partial charge < -0.3 is 10.1 Å². The van der Waals surface area contributed by atoms with Gasteiger partial charge in [-0.25, -0.2) is 9.48 Å². The van der Waals surface area contributed by atoms with Crippen molar-refractivity contribution in [2.24, 2.45) is 0 Å². The van der Waals surface area contributed by atoms with Crippen LogP contribution in [0, 0.1) is 0 Å². The average Bonchev–Trinajstić information content (AvgIpc) is 3.03. The zero-order valence-electron chi connectivity index (χ0n) is 14.9. The number of amides is 3. The number of hydrogen-bond donors (Lipinski definition) is 2. The van der Waals surface area contributed by atoms with E-state index in [4.69, 9.17) is 4.74 Å². The van der Waals surface area contributed by atoms with E-state index in [2.05, 4.69) is 15.7 Å². The third-order valence-electron chi connectivity index (χ3n) is 3.34. The molecular weight excluding hydrogens is 336 g/mol. The number of esters is 1. The molecule has 0 saturated heterocycles. The molecule has 2 aromatic rings. The summed E-state index contributed by atoms with van der Waals surface area (Å²) in [4.78, 5) is 35.3. The average molecular weight is 358 g/mol. The quantitative estimate of drug-likeness (QED) is 0.763. The van der Waals surface area contributed by atoms with Crippen LogP contribution in [0.1, 0.15) is 26.3 Å². The van der Waals surface area contributed by atoms with Crippen molar-refractivity contribution in [2.75, 3.05) is 0 Å². The molecule has 0 aliphatic rings. The van der Waals surface area contributed by atoms with Gasteiger partial charge in [-0.1, -0.05) is 18.2 Å². The fraction of sp³-hybridized carbons (Fsp3) is 0.333. The molecule has 1 heterocycles. The first kappa shape index (κ1) is 19.2. The van der Waals surface area contributed by atoms with Gasteiger partial charge >= 0.3 is 12.0 Å². The summed E-state index contributed by atoms with van der Waals surface area (Å²) in [6.07, 6.45) is 2.18.